The molecule has 0 spiro atoms. The largest absolute Gasteiger partial charge is 0.366 e. The molecule has 126 valence electrons. The van der Waals surface area contributed by atoms with Crippen molar-refractivity contribution in [1.82, 2.24) is 14.9 Å². The van der Waals surface area contributed by atoms with Crippen molar-refractivity contribution in [2.75, 3.05) is 13.1 Å². The second-order valence-corrected chi connectivity index (χ2v) is 6.52. The molecule has 2 heterocycles. The summed E-state index contributed by atoms with van der Waals surface area (Å²) < 4.78 is 6.25. The lowest BCUT2D eigenvalue weighted by atomic mass is 10.0. The fourth-order valence-electron chi connectivity index (χ4n) is 2.91. The van der Waals surface area contributed by atoms with Crippen molar-refractivity contribution in [3.05, 3.63) is 59.7 Å². The molecule has 3 rings (SSSR count). The van der Waals surface area contributed by atoms with Crippen LogP contribution in [0.2, 0.25) is 0 Å². The molecule has 0 unspecified atom stereocenters. The number of amides is 1. The lowest BCUT2D eigenvalue weighted by Crippen LogP contribution is -2.48. The van der Waals surface area contributed by atoms with Crippen molar-refractivity contribution >= 4 is 5.91 Å². The molecule has 0 radical (unpaired) electrons. The topological polar surface area (TPSA) is 55.3 Å². The summed E-state index contributed by atoms with van der Waals surface area (Å²) >= 11 is 0. The first-order valence-electron chi connectivity index (χ1n) is 8.34. The smallest absolute Gasteiger partial charge is 0.272 e. The molecule has 1 aliphatic heterocycles. The second kappa shape index (κ2) is 7.09. The first-order valence-corrected chi connectivity index (χ1v) is 8.34. The van der Waals surface area contributed by atoms with Crippen molar-refractivity contribution in [3.63, 3.8) is 0 Å². The van der Waals surface area contributed by atoms with Gasteiger partial charge in [-0.1, -0.05) is 44.2 Å². The van der Waals surface area contributed by atoms with E-state index in [9.17, 15) is 4.79 Å². The number of rotatable bonds is 3. The average molecular weight is 325 g/mol. The van der Waals surface area contributed by atoms with E-state index in [0.29, 0.717) is 30.5 Å². The number of carbonyl (C=O) groups is 1. The Morgan fingerprint density at radius 3 is 2.62 bits per heavy atom. The molecule has 1 aliphatic rings. The van der Waals surface area contributed by atoms with Crippen LogP contribution in [0.3, 0.4) is 0 Å². The molecule has 2 atom stereocenters. The van der Waals surface area contributed by atoms with Gasteiger partial charge in [-0.3, -0.25) is 4.79 Å². The molecule has 1 aromatic heterocycles. The maximum atomic E-state index is 12.9. The van der Waals surface area contributed by atoms with Crippen LogP contribution in [0.15, 0.2) is 42.6 Å². The Bertz CT molecular complexity index is 703. The second-order valence-electron chi connectivity index (χ2n) is 6.52. The summed E-state index contributed by atoms with van der Waals surface area (Å²) in [6.45, 7) is 7.16. The van der Waals surface area contributed by atoms with Gasteiger partial charge in [-0.15, -0.1) is 0 Å². The average Bonchev–Trinajstić information content (AvgIpc) is 2.61. The minimum atomic E-state index is -0.112. The Labute approximate surface area is 142 Å². The van der Waals surface area contributed by atoms with Crippen LogP contribution < -0.4 is 0 Å². The van der Waals surface area contributed by atoms with Crippen LogP contribution in [0.1, 0.15) is 41.8 Å². The van der Waals surface area contributed by atoms with Crippen LogP contribution in [0.4, 0.5) is 0 Å². The lowest BCUT2D eigenvalue weighted by molar-refractivity contribution is -0.0955. The zero-order valence-corrected chi connectivity index (χ0v) is 14.3. The Balaban J connectivity index is 1.85. The summed E-state index contributed by atoms with van der Waals surface area (Å²) in [6, 6.07) is 11.7. The molecule has 24 heavy (non-hydrogen) atoms. The molecule has 0 bridgehead atoms. The van der Waals surface area contributed by atoms with E-state index in [0.717, 1.165) is 5.56 Å². The highest BCUT2D eigenvalue weighted by molar-refractivity contribution is 5.92. The number of morpholine rings is 1. The summed E-state index contributed by atoms with van der Waals surface area (Å²) in [5.41, 5.74) is 1.54. The van der Waals surface area contributed by atoms with Crippen LogP contribution in [0, 0.1) is 12.8 Å². The molecule has 0 aliphatic carbocycles. The molecule has 1 amide bonds. The highest BCUT2D eigenvalue weighted by Gasteiger charge is 2.33. The normalized spacial score (nSPS) is 21.1. The minimum absolute atomic E-state index is 0.0100. The quantitative estimate of drug-likeness (QED) is 0.870. The van der Waals surface area contributed by atoms with Gasteiger partial charge >= 0.3 is 0 Å². The number of aryl methyl sites for hydroxylation is 1. The third-order valence-corrected chi connectivity index (χ3v) is 4.32. The lowest BCUT2D eigenvalue weighted by Gasteiger charge is -2.39. The molecule has 1 saturated heterocycles. The van der Waals surface area contributed by atoms with E-state index < -0.39 is 0 Å². The fraction of sp³-hybridized carbons (Fsp3) is 0.421. The number of hydrogen-bond acceptors (Lipinski definition) is 4. The van der Waals surface area contributed by atoms with E-state index in [1.165, 1.54) is 0 Å². The van der Waals surface area contributed by atoms with Crippen molar-refractivity contribution in [3.8, 4) is 0 Å². The number of hydrogen-bond donors (Lipinski definition) is 0. The van der Waals surface area contributed by atoms with Crippen molar-refractivity contribution in [2.45, 2.75) is 33.0 Å². The first-order chi connectivity index (χ1) is 11.5. The Morgan fingerprint density at radius 1 is 1.21 bits per heavy atom. The van der Waals surface area contributed by atoms with Gasteiger partial charge in [0, 0.05) is 12.7 Å². The number of nitrogens with zero attached hydrogens (tertiary/aromatic N) is 3. The molecule has 5 nitrogen and oxygen atoms in total. The fourth-order valence-corrected chi connectivity index (χ4v) is 2.91. The van der Waals surface area contributed by atoms with Gasteiger partial charge in [0.05, 0.1) is 12.6 Å². The van der Waals surface area contributed by atoms with Gasteiger partial charge in [0.25, 0.3) is 5.91 Å². The molecular weight excluding hydrogens is 302 g/mol. The zero-order chi connectivity index (χ0) is 17.1. The standard InChI is InChI=1S/C19H23N3O2/c1-13(2)17-11-22(19(23)16-9-10-20-14(3)21-16)12-18(24-17)15-7-5-4-6-8-15/h4-10,13,17-18H,11-12H2,1-3H3/t17-,18+/m1/s1. The minimum Gasteiger partial charge on any atom is -0.366 e. The Kier molecular flexibility index (Phi) is 4.90. The Hall–Kier alpha value is -2.27. The van der Waals surface area contributed by atoms with E-state index in [2.05, 4.69) is 23.8 Å². The van der Waals surface area contributed by atoms with Crippen LogP contribution in [-0.2, 0) is 4.74 Å². The van der Waals surface area contributed by atoms with Gasteiger partial charge < -0.3 is 9.64 Å². The van der Waals surface area contributed by atoms with Crippen LogP contribution >= 0.6 is 0 Å². The third-order valence-electron chi connectivity index (χ3n) is 4.32. The van der Waals surface area contributed by atoms with Gasteiger partial charge in [0.1, 0.15) is 17.6 Å². The number of aromatic nitrogens is 2. The van der Waals surface area contributed by atoms with E-state index in [1.54, 1.807) is 19.2 Å². The summed E-state index contributed by atoms with van der Waals surface area (Å²) in [5.74, 6) is 0.878. The summed E-state index contributed by atoms with van der Waals surface area (Å²) in [4.78, 5) is 23.1. The number of carbonyl (C=O) groups excluding carboxylic acids is 1. The predicted molar refractivity (Wildman–Crippen MR) is 91.6 cm³/mol. The molecule has 0 N–H and O–H groups in total. The summed E-state index contributed by atoms with van der Waals surface area (Å²) in [5, 5.41) is 0. The van der Waals surface area contributed by atoms with Gasteiger partial charge in [0.2, 0.25) is 0 Å². The Morgan fingerprint density at radius 2 is 1.96 bits per heavy atom. The zero-order valence-electron chi connectivity index (χ0n) is 14.3. The van der Waals surface area contributed by atoms with E-state index in [1.807, 2.05) is 35.2 Å². The molecule has 1 aromatic carbocycles. The molecular formula is C19H23N3O2. The maximum absolute atomic E-state index is 12.9. The molecule has 2 aromatic rings. The number of ether oxygens (including phenoxy) is 1. The van der Waals surface area contributed by atoms with Crippen molar-refractivity contribution < 1.29 is 9.53 Å². The maximum Gasteiger partial charge on any atom is 0.272 e. The van der Waals surface area contributed by atoms with Gasteiger partial charge in [-0.25, -0.2) is 9.97 Å². The summed E-state index contributed by atoms with van der Waals surface area (Å²) in [7, 11) is 0. The predicted octanol–water partition coefficient (Wildman–Crippen LogP) is 3.02. The van der Waals surface area contributed by atoms with Crippen LogP contribution in [-0.4, -0.2) is 40.0 Å². The van der Waals surface area contributed by atoms with Gasteiger partial charge in [-0.05, 0) is 24.5 Å². The van der Waals surface area contributed by atoms with Crippen molar-refractivity contribution in [2.24, 2.45) is 5.92 Å². The molecule has 5 heteroatoms. The SMILES string of the molecule is Cc1nccc(C(=O)N2C[C@@H](c3ccccc3)O[C@@H](C(C)C)C2)n1. The summed E-state index contributed by atoms with van der Waals surface area (Å²) in [6.07, 6.45) is 1.53. The van der Waals surface area contributed by atoms with Gasteiger partial charge in [-0.2, -0.15) is 0 Å². The van der Waals surface area contributed by atoms with E-state index >= 15 is 0 Å². The monoisotopic (exact) mass is 325 g/mol. The van der Waals surface area contributed by atoms with Crippen LogP contribution in [0.25, 0.3) is 0 Å². The van der Waals surface area contributed by atoms with E-state index in [4.69, 9.17) is 4.74 Å². The van der Waals surface area contributed by atoms with E-state index in [-0.39, 0.29) is 18.1 Å². The van der Waals surface area contributed by atoms with Crippen molar-refractivity contribution in [1.29, 1.82) is 0 Å². The van der Waals surface area contributed by atoms with Gasteiger partial charge in [0.15, 0.2) is 0 Å². The highest BCUT2D eigenvalue weighted by atomic mass is 16.5. The van der Waals surface area contributed by atoms with Crippen LogP contribution in [0.5, 0.6) is 0 Å². The molecule has 1 fully saturated rings. The third kappa shape index (κ3) is 3.62. The highest BCUT2D eigenvalue weighted by Crippen LogP contribution is 2.28. The molecule has 0 saturated carbocycles. The first kappa shape index (κ1) is 16.6. The number of benzene rings is 1.